The number of aromatic nitrogens is 4. The molecule has 0 unspecified atom stereocenters. The van der Waals surface area contributed by atoms with E-state index in [0.29, 0.717) is 0 Å². The van der Waals surface area contributed by atoms with E-state index in [1.807, 2.05) is 42.5 Å². The largest absolute Gasteiger partial charge is 0.254 e. The van der Waals surface area contributed by atoms with Gasteiger partial charge in [-0.15, -0.1) is 0 Å². The van der Waals surface area contributed by atoms with E-state index in [-0.39, 0.29) is 0 Å². The van der Waals surface area contributed by atoms with Crippen molar-refractivity contribution in [2.24, 2.45) is 0 Å². The van der Waals surface area contributed by atoms with Crippen molar-refractivity contribution < 1.29 is 0 Å². The van der Waals surface area contributed by atoms with Crippen LogP contribution in [0.25, 0.3) is 33.1 Å². The Labute approximate surface area is 115 Å². The molecule has 0 fully saturated rings. The van der Waals surface area contributed by atoms with E-state index in [4.69, 9.17) is 0 Å². The third kappa shape index (κ3) is 1.62. The Morgan fingerprint density at radius 3 is 2.50 bits per heavy atom. The number of fused-ring (bicyclic) bond motifs is 3. The third-order valence-electron chi connectivity index (χ3n) is 3.32. The van der Waals surface area contributed by atoms with E-state index in [1.165, 1.54) is 0 Å². The smallest absolute Gasteiger partial charge is 0.0967 e. The molecular formula is C16H10N4. The maximum Gasteiger partial charge on any atom is 0.0967 e. The first kappa shape index (κ1) is 11.0. The van der Waals surface area contributed by atoms with Crippen LogP contribution in [0.2, 0.25) is 0 Å². The van der Waals surface area contributed by atoms with Crippen molar-refractivity contribution in [2.45, 2.75) is 0 Å². The molecule has 0 spiro atoms. The standard InChI is InChI=1S/C16H10N4/c1-2-4-11(5-3-1)15-12-6-7-14-13(10-19-20-14)16(12)18-9-8-17-15/h1-10H. The lowest BCUT2D eigenvalue weighted by molar-refractivity contribution is 1.12. The monoisotopic (exact) mass is 258 g/mol. The van der Waals surface area contributed by atoms with E-state index in [9.17, 15) is 0 Å². The van der Waals surface area contributed by atoms with Crippen LogP contribution in [-0.2, 0) is 0 Å². The van der Waals surface area contributed by atoms with Gasteiger partial charge in [-0.25, -0.2) is 0 Å². The second-order valence-electron chi connectivity index (χ2n) is 4.51. The van der Waals surface area contributed by atoms with Crippen molar-refractivity contribution in [3.63, 3.8) is 0 Å². The minimum absolute atomic E-state index is 0.857. The Morgan fingerprint density at radius 1 is 0.750 bits per heavy atom. The van der Waals surface area contributed by atoms with Gasteiger partial charge in [0, 0.05) is 28.7 Å². The molecule has 4 nitrogen and oxygen atoms in total. The SMILES string of the molecule is c1ccc(-c2nccnc3c2ccc2nncc23)cc1. The first-order valence-corrected chi connectivity index (χ1v) is 6.34. The molecule has 2 aromatic heterocycles. The number of hydrogen-bond donors (Lipinski definition) is 0. The van der Waals surface area contributed by atoms with Gasteiger partial charge in [-0.05, 0) is 12.1 Å². The zero-order chi connectivity index (χ0) is 13.4. The van der Waals surface area contributed by atoms with Crippen LogP contribution in [0.4, 0.5) is 0 Å². The zero-order valence-corrected chi connectivity index (χ0v) is 10.6. The van der Waals surface area contributed by atoms with Crippen LogP contribution < -0.4 is 0 Å². The maximum atomic E-state index is 4.53. The molecule has 0 aliphatic carbocycles. The van der Waals surface area contributed by atoms with E-state index in [2.05, 4.69) is 20.2 Å². The summed E-state index contributed by atoms with van der Waals surface area (Å²) >= 11 is 0. The first-order valence-electron chi connectivity index (χ1n) is 6.34. The Kier molecular flexibility index (Phi) is 2.39. The highest BCUT2D eigenvalue weighted by Gasteiger charge is 2.08. The summed E-state index contributed by atoms with van der Waals surface area (Å²) < 4.78 is 0. The van der Waals surface area contributed by atoms with Gasteiger partial charge in [0.05, 0.1) is 22.9 Å². The Morgan fingerprint density at radius 2 is 1.60 bits per heavy atom. The third-order valence-corrected chi connectivity index (χ3v) is 3.32. The predicted molar refractivity (Wildman–Crippen MR) is 78.1 cm³/mol. The molecule has 0 saturated carbocycles. The molecule has 0 atom stereocenters. The summed E-state index contributed by atoms with van der Waals surface area (Å²) in [7, 11) is 0. The van der Waals surface area contributed by atoms with Crippen molar-refractivity contribution in [3.8, 4) is 11.3 Å². The van der Waals surface area contributed by atoms with Crippen LogP contribution in [0.15, 0.2) is 61.1 Å². The molecule has 0 aliphatic rings. The highest BCUT2D eigenvalue weighted by atomic mass is 15.1. The fourth-order valence-corrected chi connectivity index (χ4v) is 2.40. The van der Waals surface area contributed by atoms with Crippen LogP contribution in [0.3, 0.4) is 0 Å². The summed E-state index contributed by atoms with van der Waals surface area (Å²) in [5.41, 5.74) is 3.72. The molecule has 0 aliphatic heterocycles. The van der Waals surface area contributed by atoms with E-state index in [1.54, 1.807) is 18.6 Å². The predicted octanol–water partition coefficient (Wildman–Crippen LogP) is 3.24. The maximum absolute atomic E-state index is 4.53. The Hall–Kier alpha value is -2.88. The van der Waals surface area contributed by atoms with Gasteiger partial charge in [-0.2, -0.15) is 10.2 Å². The molecule has 4 aromatic rings. The molecule has 0 radical (unpaired) electrons. The molecule has 20 heavy (non-hydrogen) atoms. The molecular weight excluding hydrogens is 248 g/mol. The Bertz CT molecular complexity index is 904. The molecule has 0 N–H and O–H groups in total. The molecule has 94 valence electrons. The van der Waals surface area contributed by atoms with Crippen LogP contribution in [0, 0.1) is 0 Å². The van der Waals surface area contributed by atoms with Gasteiger partial charge in [0.2, 0.25) is 0 Å². The van der Waals surface area contributed by atoms with Gasteiger partial charge in [-0.3, -0.25) is 9.97 Å². The lowest BCUT2D eigenvalue weighted by Crippen LogP contribution is -1.82. The average molecular weight is 258 g/mol. The fourth-order valence-electron chi connectivity index (χ4n) is 2.40. The highest BCUT2D eigenvalue weighted by Crippen LogP contribution is 2.28. The van der Waals surface area contributed by atoms with E-state index in [0.717, 1.165) is 33.1 Å². The van der Waals surface area contributed by atoms with E-state index >= 15 is 0 Å². The molecule has 0 bridgehead atoms. The van der Waals surface area contributed by atoms with Gasteiger partial charge >= 0.3 is 0 Å². The van der Waals surface area contributed by atoms with Crippen LogP contribution in [0.5, 0.6) is 0 Å². The molecule has 4 rings (SSSR count). The number of hydrogen-bond acceptors (Lipinski definition) is 4. The van der Waals surface area contributed by atoms with Crippen LogP contribution >= 0.6 is 0 Å². The van der Waals surface area contributed by atoms with Gasteiger partial charge in [0.15, 0.2) is 0 Å². The van der Waals surface area contributed by atoms with Crippen molar-refractivity contribution in [1.29, 1.82) is 0 Å². The van der Waals surface area contributed by atoms with Gasteiger partial charge in [-0.1, -0.05) is 30.3 Å². The summed E-state index contributed by atoms with van der Waals surface area (Å²) in [6, 6.07) is 14.1. The second kappa shape index (κ2) is 4.35. The number of rotatable bonds is 1. The summed E-state index contributed by atoms with van der Waals surface area (Å²) in [6.07, 6.45) is 5.18. The molecule has 2 heterocycles. The average Bonchev–Trinajstić information content (AvgIpc) is 2.87. The summed E-state index contributed by atoms with van der Waals surface area (Å²) in [5.74, 6) is 0. The summed E-state index contributed by atoms with van der Waals surface area (Å²) in [5, 5.41) is 10.0. The normalized spacial score (nSPS) is 11.0. The second-order valence-corrected chi connectivity index (χ2v) is 4.51. The van der Waals surface area contributed by atoms with Crippen molar-refractivity contribution in [1.82, 2.24) is 20.2 Å². The molecule has 4 heteroatoms. The van der Waals surface area contributed by atoms with Crippen molar-refractivity contribution >= 4 is 21.8 Å². The quantitative estimate of drug-likeness (QED) is 0.526. The lowest BCUT2D eigenvalue weighted by atomic mass is 10.1. The summed E-state index contributed by atoms with van der Waals surface area (Å²) in [4.78, 5) is 9.02. The van der Waals surface area contributed by atoms with Crippen molar-refractivity contribution in [2.75, 3.05) is 0 Å². The molecule has 0 saturated heterocycles. The van der Waals surface area contributed by atoms with Crippen molar-refractivity contribution in [3.05, 3.63) is 61.1 Å². The minimum atomic E-state index is 0.857. The minimum Gasteiger partial charge on any atom is -0.254 e. The molecule has 0 amide bonds. The van der Waals surface area contributed by atoms with Gasteiger partial charge in [0.25, 0.3) is 0 Å². The number of nitrogens with zero attached hydrogens (tertiary/aromatic N) is 4. The fraction of sp³-hybridized carbons (Fsp3) is 0. The first-order chi connectivity index (χ1) is 9.93. The van der Waals surface area contributed by atoms with Gasteiger partial charge in [0.1, 0.15) is 0 Å². The van der Waals surface area contributed by atoms with E-state index < -0.39 is 0 Å². The summed E-state index contributed by atoms with van der Waals surface area (Å²) in [6.45, 7) is 0. The zero-order valence-electron chi connectivity index (χ0n) is 10.6. The van der Waals surface area contributed by atoms with Gasteiger partial charge < -0.3 is 0 Å². The molecule has 2 aromatic carbocycles. The lowest BCUT2D eigenvalue weighted by Gasteiger charge is -2.01. The topological polar surface area (TPSA) is 51.6 Å². The number of benzene rings is 2. The van der Waals surface area contributed by atoms with Crippen LogP contribution in [0.1, 0.15) is 0 Å². The Balaban J connectivity index is 2.17. The highest BCUT2D eigenvalue weighted by molar-refractivity contribution is 6.07. The van der Waals surface area contributed by atoms with Crippen LogP contribution in [-0.4, -0.2) is 20.2 Å².